The van der Waals surface area contributed by atoms with E-state index in [4.69, 9.17) is 0 Å². The molecule has 8 nitrogen and oxygen atoms in total. The Morgan fingerprint density at radius 3 is 1.29 bits per heavy atom. The molecule has 8 heteroatoms. The lowest BCUT2D eigenvalue weighted by atomic mass is 9.73. The topological polar surface area (TPSA) is 156 Å². The summed E-state index contributed by atoms with van der Waals surface area (Å²) in [7, 11) is 0. The fourth-order valence-electron chi connectivity index (χ4n) is 2.44. The van der Waals surface area contributed by atoms with Crippen LogP contribution in [0.5, 0.6) is 11.5 Å². The highest BCUT2D eigenvalue weighted by atomic mass is 16.5. The highest BCUT2D eigenvalue weighted by Crippen LogP contribution is 2.43. The normalized spacial score (nSPS) is 15.9. The van der Waals surface area contributed by atoms with Crippen molar-refractivity contribution in [1.82, 2.24) is 0 Å². The molecule has 0 aliphatic rings. The van der Waals surface area contributed by atoms with Crippen LogP contribution in [-0.4, -0.2) is 42.6 Å². The lowest BCUT2D eigenvalue weighted by Gasteiger charge is -2.37. The Hall–Kier alpha value is -3.10. The zero-order chi connectivity index (χ0) is 18.1. The van der Waals surface area contributed by atoms with Gasteiger partial charge in [0.2, 0.25) is 11.2 Å². The fourth-order valence-corrected chi connectivity index (χ4v) is 2.44. The van der Waals surface area contributed by atoms with E-state index in [0.29, 0.717) is 0 Å². The lowest BCUT2D eigenvalue weighted by Crippen LogP contribution is -2.59. The zero-order valence-electron chi connectivity index (χ0n) is 12.1. The summed E-state index contributed by atoms with van der Waals surface area (Å²) in [5, 5.41) is 59.3. The number of benzene rings is 2. The maximum atomic E-state index is 11.7. The Bertz CT molecular complexity index is 735. The smallest absolute Gasteiger partial charge is 0.344 e. The van der Waals surface area contributed by atoms with Crippen LogP contribution in [0.3, 0.4) is 0 Å². The molecule has 0 saturated heterocycles. The first kappa shape index (κ1) is 17.3. The molecule has 0 aliphatic carbocycles. The molecule has 2 aromatic rings. The molecule has 2 aromatic carbocycles. The van der Waals surface area contributed by atoms with Crippen LogP contribution >= 0.6 is 0 Å². The number of aliphatic carboxylic acids is 2. The number of aromatic hydroxyl groups is 2. The minimum absolute atomic E-state index is 0.434. The second kappa shape index (κ2) is 5.84. The van der Waals surface area contributed by atoms with Gasteiger partial charge in [-0.15, -0.1) is 0 Å². The van der Waals surface area contributed by atoms with Crippen molar-refractivity contribution >= 4 is 11.9 Å². The van der Waals surface area contributed by atoms with Gasteiger partial charge in [-0.1, -0.05) is 24.3 Å². The molecule has 0 bridgehead atoms. The Balaban J connectivity index is 2.83. The van der Waals surface area contributed by atoms with Gasteiger partial charge >= 0.3 is 11.9 Å². The highest BCUT2D eigenvalue weighted by molar-refractivity contribution is 5.93. The predicted octanol–water partition coefficient (Wildman–Crippen LogP) is 0.342. The summed E-state index contributed by atoms with van der Waals surface area (Å²) in [5.41, 5.74) is -7.79. The number of hydrogen-bond donors (Lipinski definition) is 6. The molecule has 0 aromatic heterocycles. The number of hydrogen-bond acceptors (Lipinski definition) is 6. The van der Waals surface area contributed by atoms with Crippen LogP contribution in [0.15, 0.2) is 48.5 Å². The van der Waals surface area contributed by atoms with Crippen molar-refractivity contribution in [3.05, 3.63) is 59.7 Å². The van der Waals surface area contributed by atoms with Crippen LogP contribution in [0.1, 0.15) is 11.1 Å². The summed E-state index contributed by atoms with van der Waals surface area (Å²) in [4.78, 5) is 23.4. The minimum Gasteiger partial charge on any atom is -0.508 e. The van der Waals surface area contributed by atoms with Crippen LogP contribution in [0, 0.1) is 0 Å². The van der Waals surface area contributed by atoms with Gasteiger partial charge < -0.3 is 30.6 Å². The van der Waals surface area contributed by atoms with E-state index < -0.39 is 45.8 Å². The molecular formula is C16H14O8. The van der Waals surface area contributed by atoms with Gasteiger partial charge in [-0.3, -0.25) is 0 Å². The predicted molar refractivity (Wildman–Crippen MR) is 79.3 cm³/mol. The molecule has 0 spiro atoms. The van der Waals surface area contributed by atoms with Crippen LogP contribution in [-0.2, 0) is 20.8 Å². The van der Waals surface area contributed by atoms with Gasteiger partial charge in [0.1, 0.15) is 11.5 Å². The summed E-state index contributed by atoms with van der Waals surface area (Å²) in [6.07, 6.45) is 0. The molecule has 0 aliphatic heterocycles. The highest BCUT2D eigenvalue weighted by Gasteiger charge is 2.63. The van der Waals surface area contributed by atoms with E-state index in [2.05, 4.69) is 0 Å². The van der Waals surface area contributed by atoms with Gasteiger partial charge in [0.25, 0.3) is 0 Å². The number of phenols is 2. The minimum atomic E-state index is -3.34. The number of carboxylic acids is 2. The van der Waals surface area contributed by atoms with Crippen molar-refractivity contribution in [3.63, 3.8) is 0 Å². The zero-order valence-corrected chi connectivity index (χ0v) is 12.1. The molecule has 2 rings (SSSR count). The number of phenolic OH excluding ortho intramolecular Hbond substituents is 2. The molecular weight excluding hydrogens is 320 g/mol. The van der Waals surface area contributed by atoms with Gasteiger partial charge in [0.15, 0.2) is 0 Å². The molecule has 0 saturated carbocycles. The standard InChI is InChI=1S/C16H14O8/c17-11-5-1-3-9(7-11)15(23,13(19)20)16(24,14(21)22)10-4-2-6-12(18)8-10/h1-8,17-18,23-24H,(H,19,20)(H,21,22). The monoisotopic (exact) mass is 334 g/mol. The second-order valence-corrected chi connectivity index (χ2v) is 5.13. The van der Waals surface area contributed by atoms with Crippen molar-refractivity contribution in [2.45, 2.75) is 11.2 Å². The fraction of sp³-hybridized carbons (Fsp3) is 0.125. The van der Waals surface area contributed by atoms with Crippen molar-refractivity contribution in [2.75, 3.05) is 0 Å². The SMILES string of the molecule is O=C(O)C(O)(c1cccc(O)c1)C(O)(C(=O)O)c1cccc(O)c1. The largest absolute Gasteiger partial charge is 0.508 e. The van der Waals surface area contributed by atoms with Crippen molar-refractivity contribution in [2.24, 2.45) is 0 Å². The van der Waals surface area contributed by atoms with E-state index in [1.54, 1.807) is 0 Å². The lowest BCUT2D eigenvalue weighted by molar-refractivity contribution is -0.213. The Morgan fingerprint density at radius 2 is 1.04 bits per heavy atom. The molecule has 0 radical (unpaired) electrons. The third kappa shape index (κ3) is 2.43. The molecule has 0 amide bonds. The summed E-state index contributed by atoms with van der Waals surface area (Å²) >= 11 is 0. The van der Waals surface area contributed by atoms with E-state index in [1.165, 1.54) is 24.3 Å². The van der Waals surface area contributed by atoms with E-state index >= 15 is 0 Å². The number of carbonyl (C=O) groups is 2. The molecule has 24 heavy (non-hydrogen) atoms. The van der Waals surface area contributed by atoms with Gasteiger partial charge in [-0.25, -0.2) is 9.59 Å². The Morgan fingerprint density at radius 1 is 0.708 bits per heavy atom. The van der Waals surface area contributed by atoms with Gasteiger partial charge in [0, 0.05) is 11.1 Å². The molecule has 2 atom stereocenters. The molecule has 0 heterocycles. The molecule has 2 unspecified atom stereocenters. The van der Waals surface area contributed by atoms with Crippen molar-refractivity contribution in [3.8, 4) is 11.5 Å². The molecule has 0 fully saturated rings. The van der Waals surface area contributed by atoms with Crippen molar-refractivity contribution < 1.29 is 40.2 Å². The van der Waals surface area contributed by atoms with Gasteiger partial charge in [-0.2, -0.15) is 0 Å². The first-order valence-corrected chi connectivity index (χ1v) is 6.64. The first-order chi connectivity index (χ1) is 11.1. The van der Waals surface area contributed by atoms with Gasteiger partial charge in [0.05, 0.1) is 0 Å². The Labute approximate surface area is 135 Å². The van der Waals surface area contributed by atoms with E-state index in [1.807, 2.05) is 0 Å². The number of rotatable bonds is 5. The maximum Gasteiger partial charge on any atom is 0.344 e. The van der Waals surface area contributed by atoms with Crippen molar-refractivity contribution in [1.29, 1.82) is 0 Å². The number of carboxylic acid groups (broad SMARTS) is 2. The van der Waals surface area contributed by atoms with Crippen LogP contribution < -0.4 is 0 Å². The van der Waals surface area contributed by atoms with E-state index in [9.17, 15) is 40.2 Å². The average molecular weight is 334 g/mol. The third-order valence-electron chi connectivity index (χ3n) is 3.67. The molecule has 6 N–H and O–H groups in total. The summed E-state index contributed by atoms with van der Waals surface area (Å²) in [5.74, 6) is -4.98. The number of aliphatic hydroxyl groups is 2. The van der Waals surface area contributed by atoms with Crippen LogP contribution in [0.4, 0.5) is 0 Å². The summed E-state index contributed by atoms with van der Waals surface area (Å²) in [6, 6.07) is 8.47. The van der Waals surface area contributed by atoms with E-state index in [-0.39, 0.29) is 0 Å². The summed E-state index contributed by atoms with van der Waals surface area (Å²) in [6.45, 7) is 0. The second-order valence-electron chi connectivity index (χ2n) is 5.13. The average Bonchev–Trinajstić information content (AvgIpc) is 2.52. The maximum absolute atomic E-state index is 11.7. The van der Waals surface area contributed by atoms with Gasteiger partial charge in [-0.05, 0) is 24.3 Å². The Kier molecular flexibility index (Phi) is 4.20. The van der Waals surface area contributed by atoms with E-state index in [0.717, 1.165) is 24.3 Å². The van der Waals surface area contributed by atoms with Crippen LogP contribution in [0.25, 0.3) is 0 Å². The molecule has 126 valence electrons. The summed E-state index contributed by atoms with van der Waals surface area (Å²) < 4.78 is 0. The quantitative estimate of drug-likeness (QED) is 0.457. The van der Waals surface area contributed by atoms with Crippen LogP contribution in [0.2, 0.25) is 0 Å². The first-order valence-electron chi connectivity index (χ1n) is 6.64. The third-order valence-corrected chi connectivity index (χ3v) is 3.67.